The molecule has 9 heteroatoms. The van der Waals surface area contributed by atoms with Crippen LogP contribution in [-0.2, 0) is 5.75 Å². The smallest absolute Gasteiger partial charge is 0.270 e. The molecular formula is C19H21N3O4S2. The maximum atomic E-state index is 13.1. The van der Waals surface area contributed by atoms with Gasteiger partial charge in [0.1, 0.15) is 10.6 Å². The Bertz CT molecular complexity index is 1120. The van der Waals surface area contributed by atoms with E-state index in [-0.39, 0.29) is 17.3 Å². The van der Waals surface area contributed by atoms with E-state index in [4.69, 9.17) is 9.72 Å². The molecule has 7 nitrogen and oxygen atoms in total. The number of thiophene rings is 1. The van der Waals surface area contributed by atoms with Crippen molar-refractivity contribution in [2.24, 2.45) is 0 Å². The first-order valence-electron chi connectivity index (χ1n) is 8.71. The van der Waals surface area contributed by atoms with Crippen LogP contribution < -0.4 is 10.3 Å². The largest absolute Gasteiger partial charge is 0.496 e. The summed E-state index contributed by atoms with van der Waals surface area (Å²) in [5, 5.41) is 12.4. The topological polar surface area (TPSA) is 87.3 Å². The second-order valence-electron chi connectivity index (χ2n) is 6.67. The number of nitro groups is 1. The molecule has 0 aliphatic rings. The van der Waals surface area contributed by atoms with Crippen LogP contribution in [0.2, 0.25) is 0 Å². The summed E-state index contributed by atoms with van der Waals surface area (Å²) in [6.07, 6.45) is 0. The van der Waals surface area contributed by atoms with Crippen molar-refractivity contribution in [3.05, 3.63) is 54.7 Å². The van der Waals surface area contributed by atoms with Crippen LogP contribution in [0.1, 0.15) is 35.9 Å². The number of methoxy groups -OCH3 is 1. The van der Waals surface area contributed by atoms with Crippen molar-refractivity contribution in [3.8, 4) is 5.75 Å². The van der Waals surface area contributed by atoms with Gasteiger partial charge in [-0.1, -0.05) is 11.8 Å². The lowest BCUT2D eigenvalue weighted by Gasteiger charge is -2.16. The number of aromatic nitrogens is 2. The highest BCUT2D eigenvalue weighted by molar-refractivity contribution is 7.98. The van der Waals surface area contributed by atoms with Crippen molar-refractivity contribution in [1.29, 1.82) is 0 Å². The third-order valence-corrected chi connectivity index (χ3v) is 6.65. The number of ether oxygens (including phenoxy) is 1. The maximum Gasteiger partial charge on any atom is 0.270 e. The zero-order chi connectivity index (χ0) is 20.6. The molecule has 0 fully saturated rings. The molecule has 0 spiro atoms. The van der Waals surface area contributed by atoms with Crippen LogP contribution in [0.15, 0.2) is 28.2 Å². The monoisotopic (exact) mass is 419 g/mol. The minimum Gasteiger partial charge on any atom is -0.496 e. The minimum absolute atomic E-state index is 0.00516. The molecule has 28 heavy (non-hydrogen) atoms. The molecular weight excluding hydrogens is 398 g/mol. The van der Waals surface area contributed by atoms with Crippen LogP contribution in [0.4, 0.5) is 5.69 Å². The predicted octanol–water partition coefficient (Wildman–Crippen LogP) is 4.86. The number of hydrogen-bond donors (Lipinski definition) is 0. The van der Waals surface area contributed by atoms with Gasteiger partial charge in [-0.15, -0.1) is 11.3 Å². The van der Waals surface area contributed by atoms with E-state index in [0.29, 0.717) is 27.6 Å². The molecule has 0 aliphatic carbocycles. The molecule has 0 bridgehead atoms. The first-order valence-corrected chi connectivity index (χ1v) is 10.5. The van der Waals surface area contributed by atoms with E-state index in [2.05, 4.69) is 0 Å². The number of thioether (sulfide) groups is 1. The fourth-order valence-electron chi connectivity index (χ4n) is 2.98. The van der Waals surface area contributed by atoms with Crippen LogP contribution in [0.3, 0.4) is 0 Å². The van der Waals surface area contributed by atoms with E-state index < -0.39 is 4.92 Å². The van der Waals surface area contributed by atoms with E-state index in [1.807, 2.05) is 27.7 Å². The Morgan fingerprint density at radius 2 is 2.07 bits per heavy atom. The van der Waals surface area contributed by atoms with Crippen molar-refractivity contribution in [3.63, 3.8) is 0 Å². The first-order chi connectivity index (χ1) is 13.2. The number of nitro benzene ring substituents is 1. The van der Waals surface area contributed by atoms with Gasteiger partial charge in [-0.3, -0.25) is 19.5 Å². The molecule has 2 heterocycles. The summed E-state index contributed by atoms with van der Waals surface area (Å²) in [5.74, 6) is 0.971. The van der Waals surface area contributed by atoms with Gasteiger partial charge in [-0.2, -0.15) is 0 Å². The van der Waals surface area contributed by atoms with Gasteiger partial charge in [-0.05, 0) is 39.3 Å². The Morgan fingerprint density at radius 1 is 1.36 bits per heavy atom. The lowest BCUT2D eigenvalue weighted by atomic mass is 10.2. The zero-order valence-electron chi connectivity index (χ0n) is 16.3. The SMILES string of the molecule is COc1ccc([N+](=O)[O-])cc1CSc1nc2sc(C)c(C)c2c(=O)n1C(C)C. The van der Waals surface area contributed by atoms with Gasteiger partial charge in [0.25, 0.3) is 11.2 Å². The van der Waals surface area contributed by atoms with Crippen molar-refractivity contribution in [2.75, 3.05) is 7.11 Å². The molecule has 0 saturated carbocycles. The van der Waals surface area contributed by atoms with Gasteiger partial charge in [-0.25, -0.2) is 4.98 Å². The second-order valence-corrected chi connectivity index (χ2v) is 8.81. The minimum atomic E-state index is -0.431. The normalized spacial score (nSPS) is 11.4. The molecule has 0 N–H and O–H groups in total. The fourth-order valence-corrected chi connectivity index (χ4v) is 5.15. The summed E-state index contributed by atoms with van der Waals surface area (Å²) >= 11 is 2.89. The van der Waals surface area contributed by atoms with Gasteiger partial charge in [0.15, 0.2) is 5.16 Å². The lowest BCUT2D eigenvalue weighted by molar-refractivity contribution is -0.384. The van der Waals surface area contributed by atoms with Gasteiger partial charge in [0.05, 0.1) is 17.4 Å². The third kappa shape index (κ3) is 3.64. The van der Waals surface area contributed by atoms with Crippen LogP contribution >= 0.6 is 23.1 Å². The van der Waals surface area contributed by atoms with E-state index in [0.717, 1.165) is 15.3 Å². The number of benzene rings is 1. The molecule has 3 aromatic rings. The summed E-state index contributed by atoms with van der Waals surface area (Å²) in [6, 6.07) is 4.45. The third-order valence-electron chi connectivity index (χ3n) is 4.55. The molecule has 1 aromatic carbocycles. The Morgan fingerprint density at radius 3 is 2.68 bits per heavy atom. The molecule has 148 valence electrons. The number of fused-ring (bicyclic) bond motifs is 1. The van der Waals surface area contributed by atoms with Crippen LogP contribution in [0.5, 0.6) is 5.75 Å². The van der Waals surface area contributed by atoms with Crippen molar-refractivity contribution >= 4 is 39.0 Å². The van der Waals surface area contributed by atoms with E-state index in [1.165, 1.54) is 42.3 Å². The predicted molar refractivity (Wildman–Crippen MR) is 113 cm³/mol. The molecule has 0 saturated heterocycles. The van der Waals surface area contributed by atoms with Crippen LogP contribution in [0.25, 0.3) is 10.2 Å². The van der Waals surface area contributed by atoms with E-state index in [1.54, 1.807) is 10.6 Å². The van der Waals surface area contributed by atoms with Gasteiger partial charge < -0.3 is 4.74 Å². The fraction of sp³-hybridized carbons (Fsp3) is 0.368. The highest BCUT2D eigenvalue weighted by atomic mass is 32.2. The van der Waals surface area contributed by atoms with Gasteiger partial charge in [0, 0.05) is 34.4 Å². The van der Waals surface area contributed by atoms with Crippen molar-refractivity contribution < 1.29 is 9.66 Å². The van der Waals surface area contributed by atoms with Gasteiger partial charge >= 0.3 is 0 Å². The zero-order valence-corrected chi connectivity index (χ0v) is 17.9. The number of non-ortho nitro benzene ring substituents is 1. The Labute approximate surface area is 170 Å². The summed E-state index contributed by atoms with van der Waals surface area (Å²) in [4.78, 5) is 30.3. The molecule has 0 amide bonds. The number of hydrogen-bond acceptors (Lipinski definition) is 7. The van der Waals surface area contributed by atoms with E-state index >= 15 is 0 Å². The lowest BCUT2D eigenvalue weighted by Crippen LogP contribution is -2.24. The Hall–Kier alpha value is -2.39. The van der Waals surface area contributed by atoms with Crippen LogP contribution in [-0.4, -0.2) is 21.6 Å². The highest BCUT2D eigenvalue weighted by Gasteiger charge is 2.19. The molecule has 0 radical (unpaired) electrons. The highest BCUT2D eigenvalue weighted by Crippen LogP contribution is 2.33. The molecule has 0 atom stereocenters. The number of nitrogens with zero attached hydrogens (tertiary/aromatic N) is 3. The molecule has 0 aliphatic heterocycles. The molecule has 0 unspecified atom stereocenters. The maximum absolute atomic E-state index is 13.1. The standard InChI is InChI=1S/C19H21N3O4S2/c1-10(2)21-18(23)16-11(3)12(4)28-17(16)20-19(21)27-9-13-8-14(22(24)25)6-7-15(13)26-5/h6-8,10H,9H2,1-5H3. The average Bonchev–Trinajstić information content (AvgIpc) is 2.93. The van der Waals surface area contributed by atoms with E-state index in [9.17, 15) is 14.9 Å². The van der Waals surface area contributed by atoms with Crippen molar-refractivity contribution in [2.45, 2.75) is 44.6 Å². The quantitative estimate of drug-likeness (QED) is 0.245. The van der Waals surface area contributed by atoms with Gasteiger partial charge in [0.2, 0.25) is 0 Å². The summed E-state index contributed by atoms with van der Waals surface area (Å²) in [5.41, 5.74) is 1.62. The number of aryl methyl sites for hydroxylation is 2. The first kappa shape index (κ1) is 20.3. The van der Waals surface area contributed by atoms with Crippen LogP contribution in [0, 0.1) is 24.0 Å². The summed E-state index contributed by atoms with van der Waals surface area (Å²) < 4.78 is 7.03. The van der Waals surface area contributed by atoms with Crippen molar-refractivity contribution in [1.82, 2.24) is 9.55 Å². The second kappa shape index (κ2) is 7.92. The summed E-state index contributed by atoms with van der Waals surface area (Å²) in [7, 11) is 1.53. The molecule has 2 aromatic heterocycles. The molecule has 3 rings (SSSR count). The number of rotatable bonds is 6. The Kier molecular flexibility index (Phi) is 5.76. The Balaban J connectivity index is 2.06. The summed E-state index contributed by atoms with van der Waals surface area (Å²) in [6.45, 7) is 7.83. The average molecular weight is 420 g/mol.